The molecule has 1 aliphatic heterocycles. The number of hydrogen-bond donors (Lipinski definition) is 2. The molecule has 0 radical (unpaired) electrons. The van der Waals surface area contributed by atoms with E-state index in [-0.39, 0.29) is 11.9 Å². The molecule has 1 aliphatic rings. The van der Waals surface area contributed by atoms with Gasteiger partial charge in [0.25, 0.3) is 0 Å². The second-order valence-electron chi connectivity index (χ2n) is 5.62. The summed E-state index contributed by atoms with van der Waals surface area (Å²) in [5.74, 6) is 0.415. The Morgan fingerprint density at radius 2 is 2.25 bits per heavy atom. The van der Waals surface area contributed by atoms with E-state index in [9.17, 15) is 4.39 Å². The molecule has 1 aromatic carbocycles. The largest absolute Gasteiger partial charge is 0.379 e. The van der Waals surface area contributed by atoms with Crippen molar-refractivity contribution in [3.05, 3.63) is 34.6 Å². The molecular weight excluding hydrogens is 333 g/mol. The van der Waals surface area contributed by atoms with Crippen LogP contribution in [0.1, 0.15) is 18.4 Å². The third-order valence-corrected chi connectivity index (χ3v) is 4.13. The molecule has 1 aromatic rings. The number of hydrogen-bond acceptors (Lipinski definition) is 3. The van der Waals surface area contributed by atoms with Gasteiger partial charge in [-0.1, -0.05) is 17.7 Å². The van der Waals surface area contributed by atoms with Gasteiger partial charge in [0.2, 0.25) is 0 Å². The predicted molar refractivity (Wildman–Crippen MR) is 94.3 cm³/mol. The number of aliphatic imine (C=N–C) groups is 1. The van der Waals surface area contributed by atoms with Crippen LogP contribution in [0, 0.1) is 5.82 Å². The molecule has 0 bridgehead atoms. The van der Waals surface area contributed by atoms with Gasteiger partial charge in [-0.3, -0.25) is 4.99 Å². The smallest absolute Gasteiger partial charge is 0.190 e. The van der Waals surface area contributed by atoms with E-state index in [0.29, 0.717) is 31.2 Å². The van der Waals surface area contributed by atoms with Crippen LogP contribution >= 0.6 is 11.6 Å². The Bertz CT molecular complexity index is 537. The molecule has 0 saturated carbocycles. The van der Waals surface area contributed by atoms with E-state index in [0.717, 1.165) is 37.5 Å². The van der Waals surface area contributed by atoms with Crippen LogP contribution in [-0.4, -0.2) is 52.0 Å². The molecule has 1 saturated heterocycles. The highest BCUT2D eigenvalue weighted by atomic mass is 35.5. The second kappa shape index (κ2) is 10.5. The SMILES string of the molecule is CN=C(NCCCOC1CCOC1)NCCc1ccc(F)cc1Cl. The van der Waals surface area contributed by atoms with Crippen molar-refractivity contribution >= 4 is 17.6 Å². The van der Waals surface area contributed by atoms with Gasteiger partial charge in [0.1, 0.15) is 5.82 Å². The summed E-state index contributed by atoms with van der Waals surface area (Å²) in [5.41, 5.74) is 0.910. The zero-order valence-corrected chi connectivity index (χ0v) is 14.7. The Kier molecular flexibility index (Phi) is 8.28. The normalized spacial score (nSPS) is 18.0. The van der Waals surface area contributed by atoms with E-state index in [4.69, 9.17) is 21.1 Å². The van der Waals surface area contributed by atoms with Crippen molar-refractivity contribution in [1.82, 2.24) is 10.6 Å². The minimum atomic E-state index is -0.319. The monoisotopic (exact) mass is 357 g/mol. The first kappa shape index (κ1) is 19.0. The third kappa shape index (κ3) is 6.63. The molecular formula is C17H25ClFN3O2. The third-order valence-electron chi connectivity index (χ3n) is 3.78. The summed E-state index contributed by atoms with van der Waals surface area (Å²) in [6.45, 7) is 3.68. The quantitative estimate of drug-likeness (QED) is 0.426. The second-order valence-corrected chi connectivity index (χ2v) is 6.03. The predicted octanol–water partition coefficient (Wildman–Crippen LogP) is 2.38. The molecule has 134 valence electrons. The highest BCUT2D eigenvalue weighted by molar-refractivity contribution is 6.31. The summed E-state index contributed by atoms with van der Waals surface area (Å²) in [4.78, 5) is 4.17. The molecule has 7 heteroatoms. The molecule has 0 spiro atoms. The summed E-state index contributed by atoms with van der Waals surface area (Å²) in [7, 11) is 1.73. The number of guanidine groups is 1. The van der Waals surface area contributed by atoms with Gasteiger partial charge in [-0.15, -0.1) is 0 Å². The van der Waals surface area contributed by atoms with Crippen molar-refractivity contribution in [2.24, 2.45) is 4.99 Å². The number of ether oxygens (including phenoxy) is 2. The van der Waals surface area contributed by atoms with Crippen LogP contribution in [0.4, 0.5) is 4.39 Å². The number of halogens is 2. The van der Waals surface area contributed by atoms with Gasteiger partial charge >= 0.3 is 0 Å². The van der Waals surface area contributed by atoms with Crippen molar-refractivity contribution in [1.29, 1.82) is 0 Å². The van der Waals surface area contributed by atoms with Gasteiger partial charge in [0.15, 0.2) is 5.96 Å². The summed E-state index contributed by atoms with van der Waals surface area (Å²) < 4.78 is 24.0. The molecule has 1 atom stereocenters. The Balaban J connectivity index is 1.58. The fourth-order valence-electron chi connectivity index (χ4n) is 2.43. The first-order chi connectivity index (χ1) is 11.7. The maximum atomic E-state index is 13.0. The summed E-state index contributed by atoms with van der Waals surface area (Å²) in [6.07, 6.45) is 2.84. The minimum Gasteiger partial charge on any atom is -0.379 e. The number of benzene rings is 1. The van der Waals surface area contributed by atoms with Crippen molar-refractivity contribution in [2.75, 3.05) is 40.0 Å². The number of nitrogens with one attached hydrogen (secondary N) is 2. The van der Waals surface area contributed by atoms with E-state index >= 15 is 0 Å². The lowest BCUT2D eigenvalue weighted by Gasteiger charge is -2.13. The maximum Gasteiger partial charge on any atom is 0.190 e. The van der Waals surface area contributed by atoms with Crippen LogP contribution in [0.15, 0.2) is 23.2 Å². The van der Waals surface area contributed by atoms with E-state index in [1.54, 1.807) is 13.1 Å². The summed E-state index contributed by atoms with van der Waals surface area (Å²) in [6, 6.07) is 4.46. The molecule has 1 unspecified atom stereocenters. The molecule has 2 rings (SSSR count). The van der Waals surface area contributed by atoms with Crippen molar-refractivity contribution in [2.45, 2.75) is 25.4 Å². The van der Waals surface area contributed by atoms with E-state index in [1.165, 1.54) is 12.1 Å². The molecule has 1 heterocycles. The van der Waals surface area contributed by atoms with Gasteiger partial charge in [0, 0.05) is 38.4 Å². The molecule has 24 heavy (non-hydrogen) atoms. The molecule has 5 nitrogen and oxygen atoms in total. The Morgan fingerprint density at radius 3 is 2.96 bits per heavy atom. The lowest BCUT2D eigenvalue weighted by atomic mass is 10.1. The zero-order chi connectivity index (χ0) is 17.2. The van der Waals surface area contributed by atoms with Gasteiger partial charge in [-0.25, -0.2) is 4.39 Å². The zero-order valence-electron chi connectivity index (χ0n) is 14.0. The van der Waals surface area contributed by atoms with Crippen molar-refractivity contribution in [3.63, 3.8) is 0 Å². The van der Waals surface area contributed by atoms with Crippen LogP contribution in [0.25, 0.3) is 0 Å². The average Bonchev–Trinajstić information content (AvgIpc) is 3.08. The topological polar surface area (TPSA) is 54.9 Å². The van der Waals surface area contributed by atoms with Crippen LogP contribution < -0.4 is 10.6 Å². The molecule has 1 fully saturated rings. The fraction of sp³-hybridized carbons (Fsp3) is 0.588. The minimum absolute atomic E-state index is 0.253. The van der Waals surface area contributed by atoms with Crippen molar-refractivity contribution < 1.29 is 13.9 Å². The molecule has 0 amide bonds. The lowest BCUT2D eigenvalue weighted by Crippen LogP contribution is -2.39. The molecule has 2 N–H and O–H groups in total. The van der Waals surface area contributed by atoms with Gasteiger partial charge < -0.3 is 20.1 Å². The van der Waals surface area contributed by atoms with Crippen LogP contribution in [-0.2, 0) is 15.9 Å². The lowest BCUT2D eigenvalue weighted by molar-refractivity contribution is 0.0420. The maximum absolute atomic E-state index is 13.0. The Hall–Kier alpha value is -1.37. The first-order valence-electron chi connectivity index (χ1n) is 8.27. The van der Waals surface area contributed by atoms with Crippen molar-refractivity contribution in [3.8, 4) is 0 Å². The molecule has 0 aromatic heterocycles. The summed E-state index contributed by atoms with van der Waals surface area (Å²) >= 11 is 6.01. The van der Waals surface area contributed by atoms with Crippen LogP contribution in [0.3, 0.4) is 0 Å². The highest BCUT2D eigenvalue weighted by Crippen LogP contribution is 2.17. The first-order valence-corrected chi connectivity index (χ1v) is 8.64. The number of nitrogens with zero attached hydrogens (tertiary/aromatic N) is 1. The fourth-order valence-corrected chi connectivity index (χ4v) is 2.70. The average molecular weight is 358 g/mol. The molecule has 0 aliphatic carbocycles. The van der Waals surface area contributed by atoms with E-state index in [2.05, 4.69) is 15.6 Å². The van der Waals surface area contributed by atoms with E-state index in [1.807, 2.05) is 0 Å². The Labute approximate surface area is 147 Å². The van der Waals surface area contributed by atoms with Gasteiger partial charge in [0.05, 0.1) is 12.7 Å². The van der Waals surface area contributed by atoms with Gasteiger partial charge in [-0.2, -0.15) is 0 Å². The van der Waals surface area contributed by atoms with Gasteiger partial charge in [-0.05, 0) is 37.0 Å². The van der Waals surface area contributed by atoms with Crippen LogP contribution in [0.5, 0.6) is 0 Å². The number of rotatable bonds is 8. The van der Waals surface area contributed by atoms with E-state index < -0.39 is 0 Å². The summed E-state index contributed by atoms with van der Waals surface area (Å²) in [5, 5.41) is 6.91. The highest BCUT2D eigenvalue weighted by Gasteiger charge is 2.15. The Morgan fingerprint density at radius 1 is 1.42 bits per heavy atom. The van der Waals surface area contributed by atoms with Crippen LogP contribution in [0.2, 0.25) is 5.02 Å². The standard InChI is InChI=1S/C17H25ClFN3O2/c1-20-17(21-7-2-9-24-15-6-10-23-12-15)22-8-5-13-3-4-14(19)11-16(13)18/h3-4,11,15H,2,5-10,12H2,1H3,(H2,20,21,22).